The predicted molar refractivity (Wildman–Crippen MR) is 90.2 cm³/mol. The van der Waals surface area contributed by atoms with E-state index in [1.807, 2.05) is 24.3 Å². The van der Waals surface area contributed by atoms with Crippen LogP contribution in [0.15, 0.2) is 24.3 Å². The number of rotatable bonds is 5. The number of thiocarbonyl (C=S) groups is 1. The Morgan fingerprint density at radius 1 is 1.29 bits per heavy atom. The fraction of sp³-hybridized carbons (Fsp3) is 0.529. The Kier molecular flexibility index (Phi) is 5.74. The van der Waals surface area contributed by atoms with Crippen LogP contribution in [0.4, 0.5) is 0 Å². The van der Waals surface area contributed by atoms with Crippen LogP contribution in [-0.2, 0) is 11.2 Å². The molecule has 0 aromatic heterocycles. The molecule has 1 aromatic rings. The monoisotopic (exact) mass is 304 g/mol. The van der Waals surface area contributed by atoms with E-state index in [-0.39, 0.29) is 11.9 Å². The molecule has 1 atom stereocenters. The van der Waals surface area contributed by atoms with Crippen molar-refractivity contribution >= 4 is 23.1 Å². The van der Waals surface area contributed by atoms with E-state index in [9.17, 15) is 4.79 Å². The molecule has 1 amide bonds. The first-order valence-electron chi connectivity index (χ1n) is 7.74. The first kappa shape index (κ1) is 16.0. The number of nitrogens with two attached hydrogens (primary N) is 1. The van der Waals surface area contributed by atoms with Crippen LogP contribution in [0.25, 0.3) is 0 Å². The third-order valence-corrected chi connectivity index (χ3v) is 4.58. The van der Waals surface area contributed by atoms with Crippen LogP contribution in [-0.4, -0.2) is 16.9 Å². The van der Waals surface area contributed by atoms with E-state index in [0.29, 0.717) is 17.3 Å². The van der Waals surface area contributed by atoms with Crippen LogP contribution in [0.2, 0.25) is 0 Å². The molecule has 3 nitrogen and oxygen atoms in total. The maximum absolute atomic E-state index is 12.1. The molecule has 0 saturated heterocycles. The lowest BCUT2D eigenvalue weighted by atomic mass is 9.84. The number of benzene rings is 1. The number of carbonyl (C=O) groups excluding carboxylic acids is 1. The van der Waals surface area contributed by atoms with Crippen molar-refractivity contribution in [2.45, 2.75) is 51.5 Å². The summed E-state index contributed by atoms with van der Waals surface area (Å²) < 4.78 is 0. The summed E-state index contributed by atoms with van der Waals surface area (Å²) in [5.41, 5.74) is 7.39. The maximum atomic E-state index is 12.1. The molecule has 0 radical (unpaired) electrons. The molecule has 0 heterocycles. The zero-order valence-corrected chi connectivity index (χ0v) is 13.4. The van der Waals surface area contributed by atoms with Gasteiger partial charge in [-0.1, -0.05) is 55.7 Å². The van der Waals surface area contributed by atoms with E-state index in [2.05, 4.69) is 12.2 Å². The second-order valence-corrected chi connectivity index (χ2v) is 6.43. The average Bonchev–Trinajstić information content (AvgIpc) is 2.48. The van der Waals surface area contributed by atoms with E-state index in [4.69, 9.17) is 18.0 Å². The molecular formula is C17H24N2OS. The van der Waals surface area contributed by atoms with Gasteiger partial charge in [0.1, 0.15) is 4.99 Å². The summed E-state index contributed by atoms with van der Waals surface area (Å²) in [6.45, 7) is 2.13. The summed E-state index contributed by atoms with van der Waals surface area (Å²) in [6, 6.07) is 7.85. The fourth-order valence-electron chi connectivity index (χ4n) is 3.03. The van der Waals surface area contributed by atoms with Crippen molar-refractivity contribution in [3.05, 3.63) is 35.4 Å². The van der Waals surface area contributed by atoms with E-state index >= 15 is 0 Å². The summed E-state index contributed by atoms with van der Waals surface area (Å²) in [5, 5.41) is 3.15. The van der Waals surface area contributed by atoms with Crippen LogP contribution in [0.5, 0.6) is 0 Å². The molecule has 1 aliphatic rings. The summed E-state index contributed by atoms with van der Waals surface area (Å²) in [7, 11) is 0. The molecule has 0 aliphatic heterocycles. The van der Waals surface area contributed by atoms with Crippen molar-refractivity contribution in [3.63, 3.8) is 0 Å². The van der Waals surface area contributed by atoms with Gasteiger partial charge in [0.15, 0.2) is 0 Å². The average molecular weight is 304 g/mol. The second-order valence-electron chi connectivity index (χ2n) is 5.99. The molecule has 21 heavy (non-hydrogen) atoms. The zero-order chi connectivity index (χ0) is 15.2. The standard InChI is InChI=1S/C17H24N2OS/c1-12(14-5-3-2-4-6-14)19-16(20)11-13-7-9-15(10-8-13)17(18)21/h7-10,12,14H,2-6,11H2,1H3,(H2,18,21)(H,19,20). The van der Waals surface area contributed by atoms with Crippen LogP contribution >= 0.6 is 12.2 Å². The summed E-state index contributed by atoms with van der Waals surface area (Å²) in [4.78, 5) is 12.5. The fourth-order valence-corrected chi connectivity index (χ4v) is 3.17. The highest BCUT2D eigenvalue weighted by Gasteiger charge is 2.21. The molecule has 1 unspecified atom stereocenters. The van der Waals surface area contributed by atoms with Gasteiger partial charge >= 0.3 is 0 Å². The molecule has 0 bridgehead atoms. The number of hydrogen-bond acceptors (Lipinski definition) is 2. The van der Waals surface area contributed by atoms with Crippen molar-refractivity contribution in [2.75, 3.05) is 0 Å². The Balaban J connectivity index is 1.84. The van der Waals surface area contributed by atoms with Crippen LogP contribution in [0.1, 0.15) is 50.2 Å². The number of amides is 1. The molecule has 4 heteroatoms. The third kappa shape index (κ3) is 4.81. The van der Waals surface area contributed by atoms with Crippen LogP contribution < -0.4 is 11.1 Å². The maximum Gasteiger partial charge on any atom is 0.224 e. The molecule has 0 spiro atoms. The summed E-state index contributed by atoms with van der Waals surface area (Å²) >= 11 is 4.92. The highest BCUT2D eigenvalue weighted by molar-refractivity contribution is 7.80. The Hall–Kier alpha value is -1.42. The molecule has 1 aromatic carbocycles. The minimum atomic E-state index is 0.0937. The largest absolute Gasteiger partial charge is 0.389 e. The van der Waals surface area contributed by atoms with Gasteiger partial charge < -0.3 is 11.1 Å². The van der Waals surface area contributed by atoms with Crippen molar-refractivity contribution in [2.24, 2.45) is 11.7 Å². The molecule has 1 aliphatic carbocycles. The highest BCUT2D eigenvalue weighted by Crippen LogP contribution is 2.26. The number of hydrogen-bond donors (Lipinski definition) is 2. The quantitative estimate of drug-likeness (QED) is 0.822. The van der Waals surface area contributed by atoms with E-state index in [1.54, 1.807) is 0 Å². The minimum Gasteiger partial charge on any atom is -0.389 e. The third-order valence-electron chi connectivity index (χ3n) is 4.35. The first-order valence-corrected chi connectivity index (χ1v) is 8.15. The zero-order valence-electron chi connectivity index (χ0n) is 12.6. The Bertz CT molecular complexity index is 492. The van der Waals surface area contributed by atoms with Crippen LogP contribution in [0, 0.1) is 5.92 Å². The van der Waals surface area contributed by atoms with E-state index < -0.39 is 0 Å². The number of carbonyl (C=O) groups is 1. The van der Waals surface area contributed by atoms with Gasteiger partial charge in [0, 0.05) is 11.6 Å². The van der Waals surface area contributed by atoms with Crippen molar-refractivity contribution < 1.29 is 4.79 Å². The van der Waals surface area contributed by atoms with Gasteiger partial charge in [-0.15, -0.1) is 0 Å². The predicted octanol–water partition coefficient (Wildman–Crippen LogP) is 2.95. The van der Waals surface area contributed by atoms with Gasteiger partial charge in [-0.2, -0.15) is 0 Å². The lowest BCUT2D eigenvalue weighted by molar-refractivity contribution is -0.121. The van der Waals surface area contributed by atoms with Gasteiger partial charge in [-0.3, -0.25) is 4.79 Å². The molecule has 1 saturated carbocycles. The normalized spacial score (nSPS) is 17.2. The van der Waals surface area contributed by atoms with Gasteiger partial charge in [0.05, 0.1) is 6.42 Å². The van der Waals surface area contributed by atoms with Crippen LogP contribution in [0.3, 0.4) is 0 Å². The smallest absolute Gasteiger partial charge is 0.224 e. The molecule has 114 valence electrons. The van der Waals surface area contributed by atoms with Gasteiger partial charge in [-0.25, -0.2) is 0 Å². The Morgan fingerprint density at radius 2 is 1.90 bits per heavy atom. The lowest BCUT2D eigenvalue weighted by Gasteiger charge is -2.28. The minimum absolute atomic E-state index is 0.0937. The van der Waals surface area contributed by atoms with Crippen molar-refractivity contribution in [1.82, 2.24) is 5.32 Å². The Morgan fingerprint density at radius 3 is 2.48 bits per heavy atom. The van der Waals surface area contributed by atoms with Gasteiger partial charge in [0.2, 0.25) is 5.91 Å². The van der Waals surface area contributed by atoms with Gasteiger partial charge in [-0.05, 0) is 31.2 Å². The molecule has 2 rings (SSSR count). The second kappa shape index (κ2) is 7.55. The SMILES string of the molecule is CC(NC(=O)Cc1ccc(C(N)=S)cc1)C1CCCCC1. The highest BCUT2D eigenvalue weighted by atomic mass is 32.1. The summed E-state index contributed by atoms with van der Waals surface area (Å²) in [6.07, 6.45) is 6.83. The molecule has 3 N–H and O–H groups in total. The van der Waals surface area contributed by atoms with Crippen molar-refractivity contribution in [3.8, 4) is 0 Å². The lowest BCUT2D eigenvalue weighted by Crippen LogP contribution is -2.39. The topological polar surface area (TPSA) is 55.1 Å². The molecule has 1 fully saturated rings. The van der Waals surface area contributed by atoms with Gasteiger partial charge in [0.25, 0.3) is 0 Å². The molecular weight excluding hydrogens is 280 g/mol. The first-order chi connectivity index (χ1) is 10.1. The van der Waals surface area contributed by atoms with Crippen molar-refractivity contribution in [1.29, 1.82) is 0 Å². The van der Waals surface area contributed by atoms with E-state index in [1.165, 1.54) is 32.1 Å². The number of nitrogens with one attached hydrogen (secondary N) is 1. The Labute approximate surface area is 132 Å². The van der Waals surface area contributed by atoms with E-state index in [0.717, 1.165) is 11.1 Å². The summed E-state index contributed by atoms with van der Waals surface area (Å²) in [5.74, 6) is 0.732.